The Bertz CT molecular complexity index is 801. The number of carbonyl (C=O) groups excluding carboxylic acids is 2. The summed E-state index contributed by atoms with van der Waals surface area (Å²) >= 11 is 0. The van der Waals surface area contributed by atoms with E-state index < -0.39 is 0 Å². The van der Waals surface area contributed by atoms with Gasteiger partial charge in [-0.1, -0.05) is 25.1 Å². The third kappa shape index (κ3) is 2.79. The number of rotatable bonds is 3. The largest absolute Gasteiger partial charge is 0.333 e. The van der Waals surface area contributed by atoms with Gasteiger partial charge in [0.1, 0.15) is 5.82 Å². The van der Waals surface area contributed by atoms with E-state index in [0.29, 0.717) is 19.6 Å². The lowest BCUT2D eigenvalue weighted by Crippen LogP contribution is -2.42. The van der Waals surface area contributed by atoms with Gasteiger partial charge in [-0.3, -0.25) is 9.59 Å². The number of amides is 2. The van der Waals surface area contributed by atoms with Crippen LogP contribution in [0.5, 0.6) is 0 Å². The van der Waals surface area contributed by atoms with E-state index in [4.69, 9.17) is 0 Å². The molecule has 0 saturated carbocycles. The number of aryl methyl sites for hydroxylation is 1. The Morgan fingerprint density at radius 1 is 1.20 bits per heavy atom. The summed E-state index contributed by atoms with van der Waals surface area (Å²) in [5, 5.41) is 8.39. The van der Waals surface area contributed by atoms with E-state index in [1.807, 2.05) is 35.2 Å². The molecular weight excluding hydrogens is 318 g/mol. The molecule has 1 fully saturated rings. The second-order valence-corrected chi connectivity index (χ2v) is 6.54. The van der Waals surface area contributed by atoms with E-state index in [-0.39, 0.29) is 24.2 Å². The molecule has 1 atom stereocenters. The molecule has 2 aliphatic heterocycles. The summed E-state index contributed by atoms with van der Waals surface area (Å²) in [6, 6.07) is 9.53. The highest BCUT2D eigenvalue weighted by atomic mass is 16.2. The van der Waals surface area contributed by atoms with E-state index in [9.17, 15) is 9.59 Å². The smallest absolute Gasteiger partial charge is 0.228 e. The first-order valence-corrected chi connectivity index (χ1v) is 8.72. The van der Waals surface area contributed by atoms with Crippen molar-refractivity contribution in [1.29, 1.82) is 0 Å². The predicted molar refractivity (Wildman–Crippen MR) is 91.7 cm³/mol. The first-order valence-electron chi connectivity index (χ1n) is 8.72. The van der Waals surface area contributed by atoms with E-state index in [0.717, 1.165) is 30.3 Å². The molecule has 7 nitrogen and oxygen atoms in total. The molecule has 130 valence electrons. The Hall–Kier alpha value is -2.70. The lowest BCUT2D eigenvalue weighted by atomic mass is 10.1. The fourth-order valence-corrected chi connectivity index (χ4v) is 3.66. The molecule has 7 heteroatoms. The highest BCUT2D eigenvalue weighted by Crippen LogP contribution is 2.27. The molecule has 0 aliphatic carbocycles. The average Bonchev–Trinajstić information content (AvgIpc) is 3.24. The summed E-state index contributed by atoms with van der Waals surface area (Å²) in [5.74, 6) is 1.57. The molecule has 0 N–H and O–H groups in total. The van der Waals surface area contributed by atoms with Gasteiger partial charge >= 0.3 is 0 Å². The summed E-state index contributed by atoms with van der Waals surface area (Å²) in [5.41, 5.74) is 0.855. The Kier molecular flexibility index (Phi) is 3.99. The van der Waals surface area contributed by atoms with Crippen molar-refractivity contribution in [2.75, 3.05) is 18.0 Å². The van der Waals surface area contributed by atoms with E-state index >= 15 is 0 Å². The van der Waals surface area contributed by atoms with Gasteiger partial charge in [0.2, 0.25) is 11.8 Å². The Morgan fingerprint density at radius 3 is 2.76 bits per heavy atom. The van der Waals surface area contributed by atoms with Crippen LogP contribution in [0, 0.1) is 5.92 Å². The van der Waals surface area contributed by atoms with Crippen LogP contribution < -0.4 is 4.90 Å². The molecule has 1 saturated heterocycles. The third-order valence-corrected chi connectivity index (χ3v) is 5.00. The number of aromatic nitrogens is 3. The second kappa shape index (κ2) is 6.31. The lowest BCUT2D eigenvalue weighted by Gasteiger charge is -2.29. The van der Waals surface area contributed by atoms with Crippen molar-refractivity contribution in [1.82, 2.24) is 19.7 Å². The molecule has 4 rings (SSSR count). The van der Waals surface area contributed by atoms with Crippen molar-refractivity contribution >= 4 is 17.5 Å². The Morgan fingerprint density at radius 2 is 2.00 bits per heavy atom. The highest BCUT2D eigenvalue weighted by Gasteiger charge is 2.38. The Balaban J connectivity index is 1.46. The van der Waals surface area contributed by atoms with E-state index in [2.05, 4.69) is 21.7 Å². The molecule has 2 aliphatic rings. The first-order chi connectivity index (χ1) is 12.2. The van der Waals surface area contributed by atoms with Gasteiger partial charge in [-0.25, -0.2) is 0 Å². The number of fused-ring (bicyclic) bond motifs is 1. The normalized spacial score (nSPS) is 20.0. The summed E-state index contributed by atoms with van der Waals surface area (Å²) in [7, 11) is 0. The van der Waals surface area contributed by atoms with Crippen molar-refractivity contribution in [3.05, 3.63) is 42.0 Å². The fraction of sp³-hybridized carbons (Fsp3) is 0.444. The van der Waals surface area contributed by atoms with Gasteiger partial charge in [0, 0.05) is 38.2 Å². The molecule has 0 unspecified atom stereocenters. The van der Waals surface area contributed by atoms with Gasteiger partial charge in [0.15, 0.2) is 5.82 Å². The summed E-state index contributed by atoms with van der Waals surface area (Å²) in [6.45, 7) is 4.34. The number of hydrogen-bond donors (Lipinski definition) is 0. The number of para-hydroxylation sites is 1. The van der Waals surface area contributed by atoms with Gasteiger partial charge < -0.3 is 14.4 Å². The van der Waals surface area contributed by atoms with Gasteiger partial charge in [0.05, 0.1) is 12.5 Å². The molecule has 0 radical (unpaired) electrons. The van der Waals surface area contributed by atoms with Gasteiger partial charge in [-0.2, -0.15) is 0 Å². The minimum Gasteiger partial charge on any atom is -0.333 e. The van der Waals surface area contributed by atoms with Crippen LogP contribution in [0.4, 0.5) is 5.69 Å². The molecule has 0 bridgehead atoms. The van der Waals surface area contributed by atoms with Crippen LogP contribution in [0.1, 0.15) is 25.0 Å². The number of anilines is 1. The molecular formula is C18H21N5O2. The zero-order chi connectivity index (χ0) is 17.4. The summed E-state index contributed by atoms with van der Waals surface area (Å²) < 4.78 is 2.10. The standard InChI is InChI=1S/C18H21N5O2/c1-2-15-19-20-16-12-21(8-9-22(15)16)18(25)13-10-17(24)23(11-13)14-6-4-3-5-7-14/h3-7,13H,2,8-12H2,1H3/t13-/m0/s1. The first kappa shape index (κ1) is 15.8. The molecule has 3 heterocycles. The van der Waals surface area contributed by atoms with Crippen molar-refractivity contribution in [3.8, 4) is 0 Å². The molecule has 1 aromatic carbocycles. The van der Waals surface area contributed by atoms with Gasteiger partial charge in [0.25, 0.3) is 0 Å². The Labute approximate surface area is 146 Å². The maximum absolute atomic E-state index is 12.9. The average molecular weight is 339 g/mol. The van der Waals surface area contributed by atoms with Gasteiger partial charge in [-0.05, 0) is 12.1 Å². The minimum absolute atomic E-state index is 0.0120. The number of benzene rings is 1. The van der Waals surface area contributed by atoms with E-state index in [1.54, 1.807) is 4.90 Å². The van der Waals surface area contributed by atoms with Crippen molar-refractivity contribution in [2.24, 2.45) is 5.92 Å². The van der Waals surface area contributed by atoms with Crippen LogP contribution in [-0.2, 0) is 29.1 Å². The van der Waals surface area contributed by atoms with Crippen molar-refractivity contribution < 1.29 is 9.59 Å². The lowest BCUT2D eigenvalue weighted by molar-refractivity contribution is -0.137. The quantitative estimate of drug-likeness (QED) is 0.843. The highest BCUT2D eigenvalue weighted by molar-refractivity contribution is 6.00. The molecule has 2 amide bonds. The number of hydrogen-bond acceptors (Lipinski definition) is 4. The molecule has 2 aromatic rings. The third-order valence-electron chi connectivity index (χ3n) is 5.00. The zero-order valence-electron chi connectivity index (χ0n) is 14.3. The topological polar surface area (TPSA) is 71.3 Å². The number of nitrogens with zero attached hydrogens (tertiary/aromatic N) is 5. The molecule has 25 heavy (non-hydrogen) atoms. The second-order valence-electron chi connectivity index (χ2n) is 6.54. The van der Waals surface area contributed by atoms with Crippen LogP contribution in [0.15, 0.2) is 30.3 Å². The monoisotopic (exact) mass is 339 g/mol. The van der Waals surface area contributed by atoms with Crippen LogP contribution in [0.25, 0.3) is 0 Å². The van der Waals surface area contributed by atoms with Crippen molar-refractivity contribution in [3.63, 3.8) is 0 Å². The predicted octanol–water partition coefficient (Wildman–Crippen LogP) is 1.24. The van der Waals surface area contributed by atoms with Crippen LogP contribution in [0.3, 0.4) is 0 Å². The maximum atomic E-state index is 12.9. The number of carbonyl (C=O) groups is 2. The zero-order valence-corrected chi connectivity index (χ0v) is 14.3. The maximum Gasteiger partial charge on any atom is 0.228 e. The summed E-state index contributed by atoms with van der Waals surface area (Å²) in [4.78, 5) is 28.8. The van der Waals surface area contributed by atoms with Crippen LogP contribution in [-0.4, -0.2) is 44.6 Å². The summed E-state index contributed by atoms with van der Waals surface area (Å²) in [6.07, 6.45) is 1.11. The molecule has 1 aromatic heterocycles. The minimum atomic E-state index is -0.284. The SMILES string of the molecule is CCc1nnc2n1CCN(C(=O)[C@H]1CC(=O)N(c3ccccc3)C1)C2. The van der Waals surface area contributed by atoms with Crippen LogP contribution in [0.2, 0.25) is 0 Å². The fourth-order valence-electron chi connectivity index (χ4n) is 3.66. The molecule has 0 spiro atoms. The van der Waals surface area contributed by atoms with Gasteiger partial charge in [-0.15, -0.1) is 10.2 Å². The van der Waals surface area contributed by atoms with Crippen LogP contribution >= 0.6 is 0 Å². The van der Waals surface area contributed by atoms with Crippen molar-refractivity contribution in [2.45, 2.75) is 32.9 Å². The van der Waals surface area contributed by atoms with E-state index in [1.165, 1.54) is 0 Å².